The fourth-order valence-corrected chi connectivity index (χ4v) is 10.4. The third kappa shape index (κ3) is 7.98. The van der Waals surface area contributed by atoms with Gasteiger partial charge >= 0.3 is 0 Å². The summed E-state index contributed by atoms with van der Waals surface area (Å²) in [6, 6.07) is 58.0. The molecule has 6 aromatic rings. The van der Waals surface area contributed by atoms with E-state index < -0.39 is 0 Å². The molecule has 306 valence electrons. The van der Waals surface area contributed by atoms with Crippen molar-refractivity contribution in [1.82, 2.24) is 0 Å². The lowest BCUT2D eigenvalue weighted by atomic mass is 9.71. The first kappa shape index (κ1) is 39.5. The minimum Gasteiger partial charge on any atom is -0.678 e. The summed E-state index contributed by atoms with van der Waals surface area (Å²) in [6.45, 7) is 4.71. The van der Waals surface area contributed by atoms with Crippen LogP contribution in [0.5, 0.6) is 0 Å². The van der Waals surface area contributed by atoms with Crippen molar-refractivity contribution in [3.05, 3.63) is 250 Å². The number of rotatable bonds is 10. The van der Waals surface area contributed by atoms with Gasteiger partial charge in [-0.3, -0.25) is 0 Å². The Bertz CT molecular complexity index is 2700. The molecule has 5 unspecified atom stereocenters. The molecule has 0 saturated heterocycles. The maximum Gasteiger partial charge on any atom is 0.0496 e. The number of para-hydroxylation sites is 1. The molecule has 10 rings (SSSR count). The average molecular weight is 804 g/mol. The molecule has 2 nitrogen and oxygen atoms in total. The molecule has 0 amide bonds. The third-order valence-electron chi connectivity index (χ3n) is 13.6. The lowest BCUT2D eigenvalue weighted by Gasteiger charge is -2.50. The summed E-state index contributed by atoms with van der Waals surface area (Å²) in [4.78, 5) is 2.51. The van der Waals surface area contributed by atoms with E-state index in [9.17, 15) is 0 Å². The van der Waals surface area contributed by atoms with E-state index in [0.717, 1.165) is 37.8 Å². The molecule has 1 heterocycles. The topological polar surface area (TPSA) is 17.3 Å². The largest absolute Gasteiger partial charge is 0.678 e. The zero-order valence-corrected chi connectivity index (χ0v) is 35.9. The van der Waals surface area contributed by atoms with Gasteiger partial charge in [-0.2, -0.15) is 0 Å². The minimum atomic E-state index is 0.0589. The van der Waals surface area contributed by atoms with Gasteiger partial charge < -0.3 is 10.2 Å². The van der Waals surface area contributed by atoms with Crippen LogP contribution in [-0.4, -0.2) is 6.04 Å². The molecule has 0 radical (unpaired) electrons. The molecular formula is C60H55N2-. The van der Waals surface area contributed by atoms with Crippen molar-refractivity contribution in [2.75, 3.05) is 4.90 Å². The Labute approximate surface area is 369 Å². The van der Waals surface area contributed by atoms with Gasteiger partial charge in [0, 0.05) is 28.9 Å². The first-order valence-electron chi connectivity index (χ1n) is 22.8. The van der Waals surface area contributed by atoms with Crippen LogP contribution in [0.3, 0.4) is 0 Å². The number of anilines is 2. The molecule has 2 heteroatoms. The molecule has 3 aliphatic carbocycles. The van der Waals surface area contributed by atoms with Crippen LogP contribution in [0.25, 0.3) is 33.8 Å². The molecule has 0 spiro atoms. The number of hydrogen-bond acceptors (Lipinski definition) is 1. The van der Waals surface area contributed by atoms with E-state index in [4.69, 9.17) is 5.32 Å². The van der Waals surface area contributed by atoms with E-state index in [1.807, 2.05) is 0 Å². The minimum absolute atomic E-state index is 0.0589. The Hall–Kier alpha value is -6.64. The molecule has 0 fully saturated rings. The van der Waals surface area contributed by atoms with Crippen molar-refractivity contribution < 1.29 is 0 Å². The van der Waals surface area contributed by atoms with Crippen molar-refractivity contribution in [2.24, 2.45) is 11.8 Å². The normalized spacial score (nSPS) is 21.7. The van der Waals surface area contributed by atoms with Crippen molar-refractivity contribution >= 4 is 28.7 Å². The highest BCUT2D eigenvalue weighted by atomic mass is 15.2. The summed E-state index contributed by atoms with van der Waals surface area (Å²) in [7, 11) is 0. The van der Waals surface area contributed by atoms with Crippen molar-refractivity contribution in [3.8, 4) is 11.1 Å². The zero-order chi connectivity index (χ0) is 41.8. The highest BCUT2D eigenvalue weighted by molar-refractivity contribution is 5.84. The standard InChI is InChI=1S/C60H55N2/c1-3-54-57(48-33-29-44(30-34-48)43-17-7-4-8-18-43)41-58(61-60(54)51-37-38-55(42(2)39-51)46-19-9-5-10-20-46)49-35-31-45(32-36-49)50-23-15-26-53(40-50)62(52-24-11-6-12-25-52)59-28-16-22-47-21-13-14-27-56(47)59/h4-13,16-25,28-42,54-55,57,60H,3,14-15,26-27H2,1-2H3/q-1. The van der Waals surface area contributed by atoms with Gasteiger partial charge in [-0.25, -0.2) is 0 Å². The SMILES string of the molecule is CCC1C(C2=CC(C)C(c3ccccc3)C=C2)[N-]C(c2ccc(C3=CCCC(N(c4ccccc4)c4cccc5c4CCC=C5)=C3)cc2)=CC1c1ccc(-c2ccccc2)cc1. The molecule has 0 saturated carbocycles. The Morgan fingerprint density at radius 2 is 1.27 bits per heavy atom. The number of benzene rings is 6. The van der Waals surface area contributed by atoms with E-state index in [1.54, 1.807) is 0 Å². The molecular weight excluding hydrogens is 749 g/mol. The lowest BCUT2D eigenvalue weighted by molar-refractivity contribution is 0.425. The summed E-state index contributed by atoms with van der Waals surface area (Å²) in [6.07, 6.45) is 24.4. The predicted molar refractivity (Wildman–Crippen MR) is 263 cm³/mol. The number of allylic oxidation sites excluding steroid dienone is 8. The van der Waals surface area contributed by atoms with Crippen molar-refractivity contribution in [1.29, 1.82) is 0 Å². The number of nitrogens with zero attached hydrogens (tertiary/aromatic N) is 2. The van der Waals surface area contributed by atoms with E-state index in [-0.39, 0.29) is 12.0 Å². The van der Waals surface area contributed by atoms with E-state index >= 15 is 0 Å². The Balaban J connectivity index is 0.980. The summed E-state index contributed by atoms with van der Waals surface area (Å²) in [5.41, 5.74) is 17.9. The van der Waals surface area contributed by atoms with Crippen LogP contribution in [0.15, 0.2) is 212 Å². The second-order valence-electron chi connectivity index (χ2n) is 17.4. The fraction of sp³-hybridized carbons (Fsp3) is 0.200. The van der Waals surface area contributed by atoms with Crippen LogP contribution < -0.4 is 4.90 Å². The molecule has 1 aliphatic heterocycles. The predicted octanol–water partition coefficient (Wildman–Crippen LogP) is 16.0. The maximum atomic E-state index is 5.68. The van der Waals surface area contributed by atoms with Gasteiger partial charge in [0.15, 0.2) is 0 Å². The fourth-order valence-electron chi connectivity index (χ4n) is 10.4. The monoisotopic (exact) mass is 803 g/mol. The zero-order valence-electron chi connectivity index (χ0n) is 35.9. The average Bonchev–Trinajstić information content (AvgIpc) is 3.35. The lowest BCUT2D eigenvalue weighted by Crippen LogP contribution is -2.31. The van der Waals surface area contributed by atoms with Crippen molar-refractivity contribution in [3.63, 3.8) is 0 Å². The Morgan fingerprint density at radius 1 is 0.597 bits per heavy atom. The van der Waals surface area contributed by atoms with Gasteiger partial charge in [0.1, 0.15) is 0 Å². The van der Waals surface area contributed by atoms with Gasteiger partial charge in [0.2, 0.25) is 0 Å². The van der Waals surface area contributed by atoms with Gasteiger partial charge in [0.05, 0.1) is 0 Å². The smallest absolute Gasteiger partial charge is 0.0496 e. The van der Waals surface area contributed by atoms with E-state index in [2.05, 4.69) is 225 Å². The van der Waals surface area contributed by atoms with Crippen LogP contribution in [0.2, 0.25) is 0 Å². The van der Waals surface area contributed by atoms with Gasteiger partial charge in [-0.1, -0.05) is 214 Å². The highest BCUT2D eigenvalue weighted by Crippen LogP contribution is 2.48. The molecule has 62 heavy (non-hydrogen) atoms. The first-order valence-corrected chi connectivity index (χ1v) is 22.8. The van der Waals surface area contributed by atoms with Gasteiger partial charge in [0.25, 0.3) is 0 Å². The van der Waals surface area contributed by atoms with Crippen LogP contribution in [0.4, 0.5) is 11.4 Å². The van der Waals surface area contributed by atoms with E-state index in [1.165, 1.54) is 72.7 Å². The summed E-state index contributed by atoms with van der Waals surface area (Å²) in [5.74, 6) is 1.32. The highest BCUT2D eigenvalue weighted by Gasteiger charge is 2.31. The number of fused-ring (bicyclic) bond motifs is 1. The molecule has 4 aliphatic rings. The van der Waals surface area contributed by atoms with Crippen LogP contribution in [-0.2, 0) is 6.42 Å². The number of hydrogen-bond donors (Lipinski definition) is 0. The molecule has 0 aromatic heterocycles. The quantitative estimate of drug-likeness (QED) is 0.135. The molecule has 6 aromatic carbocycles. The first-order chi connectivity index (χ1) is 30.6. The van der Waals surface area contributed by atoms with Crippen LogP contribution >= 0.6 is 0 Å². The third-order valence-corrected chi connectivity index (χ3v) is 13.6. The summed E-state index contributed by atoms with van der Waals surface area (Å²) >= 11 is 0. The second kappa shape index (κ2) is 17.8. The summed E-state index contributed by atoms with van der Waals surface area (Å²) in [5, 5.41) is 5.68. The van der Waals surface area contributed by atoms with Crippen molar-refractivity contribution in [2.45, 2.75) is 63.8 Å². The molecule has 5 atom stereocenters. The van der Waals surface area contributed by atoms with E-state index in [0.29, 0.717) is 17.8 Å². The maximum absolute atomic E-state index is 5.68. The van der Waals surface area contributed by atoms with Gasteiger partial charge in [-0.15, -0.1) is 5.70 Å². The van der Waals surface area contributed by atoms with Crippen LogP contribution in [0, 0.1) is 11.8 Å². The molecule has 0 N–H and O–H groups in total. The Morgan fingerprint density at radius 3 is 2.02 bits per heavy atom. The summed E-state index contributed by atoms with van der Waals surface area (Å²) < 4.78 is 0. The molecule has 0 bridgehead atoms. The van der Waals surface area contributed by atoms with Crippen LogP contribution in [0.1, 0.15) is 84.7 Å². The Kier molecular flexibility index (Phi) is 11.3. The van der Waals surface area contributed by atoms with Gasteiger partial charge in [-0.05, 0) is 112 Å². The second-order valence-corrected chi connectivity index (χ2v) is 17.4.